The van der Waals surface area contributed by atoms with Crippen LogP contribution in [0.2, 0.25) is 0 Å². The second-order valence-corrected chi connectivity index (χ2v) is 11.7. The van der Waals surface area contributed by atoms with Crippen molar-refractivity contribution in [3.63, 3.8) is 0 Å². The molecule has 3 heterocycles. The molecule has 0 amide bonds. The van der Waals surface area contributed by atoms with Gasteiger partial charge in [-0.05, 0) is 44.1 Å². The van der Waals surface area contributed by atoms with Gasteiger partial charge in [-0.2, -0.15) is 4.31 Å². The molecule has 1 aliphatic heterocycles. The highest BCUT2D eigenvalue weighted by molar-refractivity contribution is 7.89. The van der Waals surface area contributed by atoms with Gasteiger partial charge in [0.15, 0.2) is 0 Å². The van der Waals surface area contributed by atoms with Gasteiger partial charge in [-0.1, -0.05) is 20.3 Å². The van der Waals surface area contributed by atoms with Crippen LogP contribution in [0.1, 0.15) is 56.3 Å². The number of thiophene rings is 1. The van der Waals surface area contributed by atoms with Crippen LogP contribution < -0.4 is 4.90 Å². The van der Waals surface area contributed by atoms with Crippen LogP contribution in [0.25, 0.3) is 10.2 Å². The number of aryl methyl sites for hydroxylation is 2. The normalized spacial score (nSPS) is 20.9. The average Bonchev–Trinajstić information content (AvgIpc) is 3.09. The van der Waals surface area contributed by atoms with Crippen LogP contribution in [0.5, 0.6) is 0 Å². The first kappa shape index (κ1) is 21.0. The molecule has 2 aromatic rings. The van der Waals surface area contributed by atoms with Crippen molar-refractivity contribution in [2.24, 2.45) is 5.92 Å². The standard InChI is InChI=1S/C21H32N4O2S2/c1-4-6-7-18-22-20(24-10-12-25(13-11-24)29(26,27)5-2)19-16-9-8-15(3)14-17(16)28-21(19)23-18/h15H,4-14H2,1-3H3. The summed E-state index contributed by atoms with van der Waals surface area (Å²) >= 11 is 1.85. The number of unbranched alkanes of at least 4 members (excludes halogenated alkanes) is 1. The molecule has 2 aromatic heterocycles. The van der Waals surface area contributed by atoms with Crippen LogP contribution in [0.3, 0.4) is 0 Å². The summed E-state index contributed by atoms with van der Waals surface area (Å²) in [5, 5.41) is 1.24. The lowest BCUT2D eigenvalue weighted by Gasteiger charge is -2.35. The van der Waals surface area contributed by atoms with E-state index in [9.17, 15) is 8.42 Å². The average molecular weight is 437 g/mol. The van der Waals surface area contributed by atoms with E-state index >= 15 is 0 Å². The highest BCUT2D eigenvalue weighted by atomic mass is 32.2. The van der Waals surface area contributed by atoms with E-state index in [2.05, 4.69) is 18.7 Å². The number of piperazine rings is 1. The Hall–Kier alpha value is -1.25. The molecule has 0 N–H and O–H groups in total. The molecule has 160 valence electrons. The number of hydrogen-bond donors (Lipinski definition) is 0. The third kappa shape index (κ3) is 4.16. The van der Waals surface area contributed by atoms with Crippen molar-refractivity contribution in [2.45, 2.75) is 59.3 Å². The van der Waals surface area contributed by atoms with Gasteiger partial charge in [0, 0.05) is 37.5 Å². The minimum atomic E-state index is -3.12. The van der Waals surface area contributed by atoms with Crippen molar-refractivity contribution in [3.8, 4) is 0 Å². The van der Waals surface area contributed by atoms with Gasteiger partial charge in [0.25, 0.3) is 0 Å². The highest BCUT2D eigenvalue weighted by Crippen LogP contribution is 2.41. The molecule has 2 aliphatic rings. The van der Waals surface area contributed by atoms with Gasteiger partial charge in [-0.3, -0.25) is 0 Å². The van der Waals surface area contributed by atoms with Gasteiger partial charge in [-0.25, -0.2) is 18.4 Å². The van der Waals surface area contributed by atoms with E-state index in [1.807, 2.05) is 11.3 Å². The Morgan fingerprint density at radius 3 is 2.59 bits per heavy atom. The number of sulfonamides is 1. The van der Waals surface area contributed by atoms with E-state index in [-0.39, 0.29) is 5.75 Å². The number of rotatable bonds is 6. The summed E-state index contributed by atoms with van der Waals surface area (Å²) in [6.45, 7) is 8.70. The van der Waals surface area contributed by atoms with Crippen LogP contribution in [0, 0.1) is 5.92 Å². The molecule has 1 aliphatic carbocycles. The predicted molar refractivity (Wildman–Crippen MR) is 120 cm³/mol. The van der Waals surface area contributed by atoms with Gasteiger partial charge in [0.2, 0.25) is 10.0 Å². The summed E-state index contributed by atoms with van der Waals surface area (Å²) in [5.41, 5.74) is 1.45. The van der Waals surface area contributed by atoms with E-state index in [0.717, 1.165) is 54.5 Å². The fourth-order valence-electron chi connectivity index (χ4n) is 4.40. The molecular weight excluding hydrogens is 404 g/mol. The Balaban J connectivity index is 1.70. The molecule has 4 rings (SSSR count). The van der Waals surface area contributed by atoms with Crippen LogP contribution in [0.4, 0.5) is 5.82 Å². The first-order valence-corrected chi connectivity index (χ1v) is 13.4. The number of hydrogen-bond acceptors (Lipinski definition) is 6. The van der Waals surface area contributed by atoms with Gasteiger partial charge in [0.1, 0.15) is 16.5 Å². The molecule has 0 radical (unpaired) electrons. The molecule has 29 heavy (non-hydrogen) atoms. The predicted octanol–water partition coefficient (Wildman–Crippen LogP) is 3.63. The summed E-state index contributed by atoms with van der Waals surface area (Å²) in [7, 11) is -3.12. The van der Waals surface area contributed by atoms with Gasteiger partial charge < -0.3 is 4.90 Å². The number of anilines is 1. The zero-order chi connectivity index (χ0) is 20.6. The highest BCUT2D eigenvalue weighted by Gasteiger charge is 2.30. The minimum Gasteiger partial charge on any atom is -0.353 e. The summed E-state index contributed by atoms with van der Waals surface area (Å²) in [4.78, 5) is 14.9. The van der Waals surface area contributed by atoms with Crippen molar-refractivity contribution in [2.75, 3.05) is 36.8 Å². The van der Waals surface area contributed by atoms with Crippen molar-refractivity contribution in [3.05, 3.63) is 16.3 Å². The Morgan fingerprint density at radius 1 is 1.14 bits per heavy atom. The second kappa shape index (κ2) is 8.47. The van der Waals surface area contributed by atoms with Crippen LogP contribution in [-0.2, 0) is 29.3 Å². The van der Waals surface area contributed by atoms with Gasteiger partial charge in [-0.15, -0.1) is 11.3 Å². The van der Waals surface area contributed by atoms with Crippen LogP contribution >= 0.6 is 11.3 Å². The molecule has 0 aromatic carbocycles. The van der Waals surface area contributed by atoms with E-state index in [4.69, 9.17) is 9.97 Å². The summed E-state index contributed by atoms with van der Waals surface area (Å²) < 4.78 is 26.1. The molecule has 1 atom stereocenters. The smallest absolute Gasteiger partial charge is 0.213 e. The van der Waals surface area contributed by atoms with Crippen molar-refractivity contribution in [1.82, 2.24) is 14.3 Å². The number of fused-ring (bicyclic) bond motifs is 3. The minimum absolute atomic E-state index is 0.169. The van der Waals surface area contributed by atoms with E-state index < -0.39 is 10.0 Å². The van der Waals surface area contributed by atoms with E-state index in [1.165, 1.54) is 22.2 Å². The SMILES string of the molecule is CCCCc1nc(N2CCN(S(=O)(=O)CC)CC2)c2c3c(sc2n1)CC(C)CC3. The monoisotopic (exact) mass is 436 g/mol. The molecular formula is C21H32N4O2S2. The second-order valence-electron chi connectivity index (χ2n) is 8.39. The van der Waals surface area contributed by atoms with E-state index in [1.54, 1.807) is 11.2 Å². The fraction of sp³-hybridized carbons (Fsp3) is 0.714. The molecule has 1 saturated heterocycles. The van der Waals surface area contributed by atoms with Crippen LogP contribution in [-0.4, -0.2) is 54.6 Å². The molecule has 0 bridgehead atoms. The first-order chi connectivity index (χ1) is 13.9. The summed E-state index contributed by atoms with van der Waals surface area (Å²) in [6.07, 6.45) is 6.59. The Bertz CT molecular complexity index is 978. The maximum absolute atomic E-state index is 12.2. The maximum Gasteiger partial charge on any atom is 0.213 e. The molecule has 1 unspecified atom stereocenters. The molecule has 6 nitrogen and oxygen atoms in total. The fourth-order valence-corrected chi connectivity index (χ4v) is 6.88. The molecule has 0 spiro atoms. The van der Waals surface area contributed by atoms with Crippen molar-refractivity contribution in [1.29, 1.82) is 0 Å². The summed E-state index contributed by atoms with van der Waals surface area (Å²) in [6, 6.07) is 0. The lowest BCUT2D eigenvalue weighted by atomic mass is 9.89. The molecule has 0 saturated carbocycles. The molecule has 1 fully saturated rings. The lowest BCUT2D eigenvalue weighted by molar-refractivity contribution is 0.384. The van der Waals surface area contributed by atoms with Crippen LogP contribution in [0.15, 0.2) is 0 Å². The largest absolute Gasteiger partial charge is 0.353 e. The van der Waals surface area contributed by atoms with E-state index in [0.29, 0.717) is 26.2 Å². The maximum atomic E-state index is 12.2. The Labute approximate surface area is 178 Å². The zero-order valence-corrected chi connectivity index (χ0v) is 19.4. The van der Waals surface area contributed by atoms with Crippen molar-refractivity contribution < 1.29 is 8.42 Å². The Morgan fingerprint density at radius 2 is 1.90 bits per heavy atom. The van der Waals surface area contributed by atoms with Gasteiger partial charge in [0.05, 0.1) is 11.1 Å². The molecule has 8 heteroatoms. The quantitative estimate of drug-likeness (QED) is 0.692. The first-order valence-electron chi connectivity index (χ1n) is 11.0. The third-order valence-corrected chi connectivity index (χ3v) is 9.26. The third-order valence-electron chi connectivity index (χ3n) is 6.23. The Kier molecular flexibility index (Phi) is 6.14. The number of nitrogens with zero attached hydrogens (tertiary/aromatic N) is 4. The lowest BCUT2D eigenvalue weighted by Crippen LogP contribution is -2.49. The van der Waals surface area contributed by atoms with Crippen molar-refractivity contribution >= 4 is 37.4 Å². The topological polar surface area (TPSA) is 66.4 Å². The zero-order valence-electron chi connectivity index (χ0n) is 17.8. The summed E-state index contributed by atoms with van der Waals surface area (Å²) in [5.74, 6) is 2.88. The number of aromatic nitrogens is 2. The van der Waals surface area contributed by atoms with Gasteiger partial charge >= 0.3 is 0 Å².